The molecule has 2 aliphatic heterocycles. The van der Waals surface area contributed by atoms with Gasteiger partial charge in [0.1, 0.15) is 12.5 Å². The molecule has 1 aromatic rings. The third kappa shape index (κ3) is 2.12. The highest BCUT2D eigenvalue weighted by Crippen LogP contribution is 2.23. The zero-order valence-electron chi connectivity index (χ0n) is 10.4. The summed E-state index contributed by atoms with van der Waals surface area (Å²) in [7, 11) is 0. The molecule has 7 heteroatoms. The van der Waals surface area contributed by atoms with E-state index in [0.29, 0.717) is 26.1 Å². The van der Waals surface area contributed by atoms with Crippen LogP contribution in [0.2, 0.25) is 0 Å². The van der Waals surface area contributed by atoms with Crippen LogP contribution in [0.4, 0.5) is 4.39 Å². The Kier molecular flexibility index (Phi) is 3.24. The van der Waals surface area contributed by atoms with Gasteiger partial charge in [0.15, 0.2) is 0 Å². The van der Waals surface area contributed by atoms with E-state index in [0.717, 1.165) is 28.2 Å². The number of aromatic nitrogens is 2. The summed E-state index contributed by atoms with van der Waals surface area (Å²) >= 11 is 0. The minimum absolute atomic E-state index is 0.479. The molecular formula is C12H15FN2O4. The molecule has 0 radical (unpaired) electrons. The first-order chi connectivity index (χ1) is 9.18. The summed E-state index contributed by atoms with van der Waals surface area (Å²) in [4.78, 5) is 24.1. The molecule has 0 N–H and O–H groups in total. The van der Waals surface area contributed by atoms with Gasteiger partial charge in [0.05, 0.1) is 6.20 Å². The Morgan fingerprint density at radius 1 is 1.11 bits per heavy atom. The second-order valence-corrected chi connectivity index (χ2v) is 4.78. The van der Waals surface area contributed by atoms with Gasteiger partial charge in [0.25, 0.3) is 5.56 Å². The zero-order chi connectivity index (χ0) is 13.4. The van der Waals surface area contributed by atoms with Gasteiger partial charge in [-0.1, -0.05) is 0 Å². The molecular weight excluding hydrogens is 255 g/mol. The van der Waals surface area contributed by atoms with Crippen molar-refractivity contribution in [1.82, 2.24) is 9.13 Å². The second-order valence-electron chi connectivity index (χ2n) is 4.78. The predicted octanol–water partition coefficient (Wildman–Crippen LogP) is 0.767. The van der Waals surface area contributed by atoms with E-state index in [9.17, 15) is 14.0 Å². The van der Waals surface area contributed by atoms with Crippen LogP contribution in [0.15, 0.2) is 15.8 Å². The van der Waals surface area contributed by atoms with Gasteiger partial charge in [-0.2, -0.15) is 4.39 Å². The highest BCUT2D eigenvalue weighted by Gasteiger charge is 2.27. The topological polar surface area (TPSA) is 62.5 Å². The summed E-state index contributed by atoms with van der Waals surface area (Å²) in [5.74, 6) is -0.953. The van der Waals surface area contributed by atoms with Crippen LogP contribution in [0.1, 0.15) is 38.1 Å². The van der Waals surface area contributed by atoms with Crippen LogP contribution in [-0.4, -0.2) is 22.3 Å². The molecule has 0 spiro atoms. The van der Waals surface area contributed by atoms with E-state index in [2.05, 4.69) is 0 Å². The lowest BCUT2D eigenvalue weighted by Crippen LogP contribution is -2.44. The van der Waals surface area contributed by atoms with Crippen LogP contribution in [0.5, 0.6) is 0 Å². The first-order valence-electron chi connectivity index (χ1n) is 6.45. The quantitative estimate of drug-likeness (QED) is 0.796. The smallest absolute Gasteiger partial charge is 0.335 e. The van der Waals surface area contributed by atoms with Crippen molar-refractivity contribution in [3.8, 4) is 0 Å². The molecule has 2 atom stereocenters. The third-order valence-corrected chi connectivity index (χ3v) is 3.51. The van der Waals surface area contributed by atoms with Crippen molar-refractivity contribution < 1.29 is 13.9 Å². The molecule has 19 heavy (non-hydrogen) atoms. The zero-order valence-corrected chi connectivity index (χ0v) is 10.4. The average Bonchev–Trinajstić information content (AvgIpc) is 3.06. The van der Waals surface area contributed by atoms with Crippen molar-refractivity contribution in [3.05, 3.63) is 32.9 Å². The SMILES string of the molecule is O=c1c(F)cn([C@@H]2CCCO2)c(=O)n1[C@@H]1CCCO1. The summed E-state index contributed by atoms with van der Waals surface area (Å²) in [5, 5.41) is 0. The Labute approximate surface area is 108 Å². The van der Waals surface area contributed by atoms with E-state index >= 15 is 0 Å². The maximum atomic E-state index is 13.7. The van der Waals surface area contributed by atoms with Crippen LogP contribution in [0, 0.1) is 5.82 Å². The lowest BCUT2D eigenvalue weighted by molar-refractivity contribution is 0.0301. The summed E-state index contributed by atoms with van der Waals surface area (Å²) in [6.45, 7) is 1.02. The van der Waals surface area contributed by atoms with E-state index in [-0.39, 0.29) is 0 Å². The molecule has 1 aromatic heterocycles. The third-order valence-electron chi connectivity index (χ3n) is 3.51. The standard InChI is InChI=1S/C12H15FN2O4/c13-8-7-14(9-3-1-5-18-9)12(17)15(11(8)16)10-4-2-6-19-10/h7,9-10H,1-6H2/t9-,10-/m0/s1. The molecule has 6 nitrogen and oxygen atoms in total. The van der Waals surface area contributed by atoms with Crippen molar-refractivity contribution >= 4 is 0 Å². The molecule has 0 bridgehead atoms. The highest BCUT2D eigenvalue weighted by atomic mass is 19.1. The molecule has 0 amide bonds. The largest absolute Gasteiger partial charge is 0.358 e. The van der Waals surface area contributed by atoms with E-state index in [4.69, 9.17) is 9.47 Å². The Hall–Kier alpha value is -1.47. The summed E-state index contributed by atoms with van der Waals surface area (Å²) in [6.07, 6.45) is 2.54. The van der Waals surface area contributed by atoms with Crippen molar-refractivity contribution in [2.24, 2.45) is 0 Å². The van der Waals surface area contributed by atoms with E-state index in [1.807, 2.05) is 0 Å². The van der Waals surface area contributed by atoms with Gasteiger partial charge in [-0.3, -0.25) is 9.36 Å². The number of nitrogens with zero attached hydrogens (tertiary/aromatic N) is 2. The fourth-order valence-corrected chi connectivity index (χ4v) is 2.56. The van der Waals surface area contributed by atoms with Crippen molar-refractivity contribution in [3.63, 3.8) is 0 Å². The van der Waals surface area contributed by atoms with Crippen molar-refractivity contribution in [1.29, 1.82) is 0 Å². The van der Waals surface area contributed by atoms with Crippen molar-refractivity contribution in [2.75, 3.05) is 13.2 Å². The summed E-state index contributed by atoms with van der Waals surface area (Å²) in [6, 6.07) is 0. The van der Waals surface area contributed by atoms with Crippen LogP contribution in [0.25, 0.3) is 0 Å². The molecule has 2 aliphatic rings. The monoisotopic (exact) mass is 270 g/mol. The van der Waals surface area contributed by atoms with Crippen LogP contribution in [0.3, 0.4) is 0 Å². The second kappa shape index (κ2) is 4.90. The molecule has 0 aliphatic carbocycles. The Morgan fingerprint density at radius 2 is 1.74 bits per heavy atom. The van der Waals surface area contributed by atoms with Gasteiger partial charge in [0, 0.05) is 13.2 Å². The lowest BCUT2D eigenvalue weighted by atomic mass is 10.3. The molecule has 0 saturated carbocycles. The molecule has 2 saturated heterocycles. The maximum absolute atomic E-state index is 13.7. The fraction of sp³-hybridized carbons (Fsp3) is 0.667. The molecule has 104 valence electrons. The Balaban J connectivity index is 2.11. The number of rotatable bonds is 2. The molecule has 0 aromatic carbocycles. The van der Waals surface area contributed by atoms with Crippen LogP contribution < -0.4 is 11.2 Å². The number of halogens is 1. The van der Waals surface area contributed by atoms with Gasteiger partial charge < -0.3 is 9.47 Å². The van der Waals surface area contributed by atoms with Crippen molar-refractivity contribution in [2.45, 2.75) is 38.1 Å². The first-order valence-corrected chi connectivity index (χ1v) is 6.45. The normalized spacial score (nSPS) is 27.0. The average molecular weight is 270 g/mol. The van der Waals surface area contributed by atoms with Crippen LogP contribution in [-0.2, 0) is 9.47 Å². The maximum Gasteiger partial charge on any atom is 0.335 e. The fourth-order valence-electron chi connectivity index (χ4n) is 2.56. The van der Waals surface area contributed by atoms with Gasteiger partial charge >= 0.3 is 5.69 Å². The van der Waals surface area contributed by atoms with Gasteiger partial charge in [-0.15, -0.1) is 0 Å². The number of hydrogen-bond acceptors (Lipinski definition) is 4. The van der Waals surface area contributed by atoms with Crippen LogP contribution >= 0.6 is 0 Å². The minimum atomic E-state index is -0.953. The van der Waals surface area contributed by atoms with E-state index in [1.54, 1.807) is 0 Å². The molecule has 2 fully saturated rings. The van der Waals surface area contributed by atoms with Gasteiger partial charge in [-0.05, 0) is 25.7 Å². The van der Waals surface area contributed by atoms with Gasteiger partial charge in [-0.25, -0.2) is 9.36 Å². The highest BCUT2D eigenvalue weighted by molar-refractivity contribution is 4.93. The Morgan fingerprint density at radius 3 is 2.32 bits per heavy atom. The molecule has 3 heterocycles. The lowest BCUT2D eigenvalue weighted by Gasteiger charge is -2.18. The first kappa shape index (κ1) is 12.6. The van der Waals surface area contributed by atoms with E-state index in [1.165, 1.54) is 0 Å². The number of hydrogen-bond donors (Lipinski definition) is 0. The van der Waals surface area contributed by atoms with E-state index < -0.39 is 29.5 Å². The Bertz CT molecular complexity index is 582. The van der Waals surface area contributed by atoms with Gasteiger partial charge in [0.2, 0.25) is 5.82 Å². The molecule has 3 rings (SSSR count). The summed E-state index contributed by atoms with van der Waals surface area (Å²) < 4.78 is 26.4. The number of ether oxygens (including phenoxy) is 2. The predicted molar refractivity (Wildman–Crippen MR) is 63.4 cm³/mol. The minimum Gasteiger partial charge on any atom is -0.358 e. The molecule has 0 unspecified atom stereocenters. The summed E-state index contributed by atoms with van der Waals surface area (Å²) in [5.41, 5.74) is -1.49.